The van der Waals surface area contributed by atoms with Crippen LogP contribution in [-0.4, -0.2) is 5.91 Å². The molecular weight excluding hydrogens is 262 g/mol. The first-order chi connectivity index (χ1) is 10.0. The summed E-state index contributed by atoms with van der Waals surface area (Å²) in [6, 6.07) is 13.6. The van der Waals surface area contributed by atoms with Gasteiger partial charge in [-0.25, -0.2) is 0 Å². The minimum atomic E-state index is -0.224. The number of furan rings is 1. The zero-order chi connectivity index (χ0) is 15.0. The van der Waals surface area contributed by atoms with E-state index in [1.807, 2.05) is 57.2 Å². The molecule has 0 bridgehead atoms. The van der Waals surface area contributed by atoms with Crippen molar-refractivity contribution in [1.82, 2.24) is 0 Å². The highest BCUT2D eigenvalue weighted by atomic mass is 16.3. The van der Waals surface area contributed by atoms with Gasteiger partial charge in [0.25, 0.3) is 5.91 Å². The topological polar surface area (TPSA) is 42.2 Å². The monoisotopic (exact) mass is 279 g/mol. The number of amides is 1. The molecule has 106 valence electrons. The third-order valence-corrected chi connectivity index (χ3v) is 3.54. The lowest BCUT2D eigenvalue weighted by Gasteiger charge is -2.07. The summed E-state index contributed by atoms with van der Waals surface area (Å²) in [6.07, 6.45) is 0. The van der Waals surface area contributed by atoms with Crippen molar-refractivity contribution in [2.75, 3.05) is 5.32 Å². The number of anilines is 1. The number of benzene rings is 2. The molecule has 1 heterocycles. The second-order valence-electron chi connectivity index (χ2n) is 5.42. The van der Waals surface area contributed by atoms with Gasteiger partial charge in [-0.05, 0) is 55.7 Å². The molecule has 3 aromatic rings. The number of nitrogens with one attached hydrogen (secondary N) is 1. The molecule has 0 radical (unpaired) electrons. The lowest BCUT2D eigenvalue weighted by Crippen LogP contribution is -2.11. The summed E-state index contributed by atoms with van der Waals surface area (Å²) in [5, 5.41) is 3.85. The third-order valence-electron chi connectivity index (χ3n) is 3.54. The van der Waals surface area contributed by atoms with Crippen LogP contribution in [0.25, 0.3) is 11.0 Å². The van der Waals surface area contributed by atoms with Crippen LogP contribution in [0.15, 0.2) is 46.9 Å². The predicted octanol–water partition coefficient (Wildman–Crippen LogP) is 4.61. The molecule has 0 aliphatic carbocycles. The van der Waals surface area contributed by atoms with Crippen LogP contribution in [0.4, 0.5) is 5.69 Å². The van der Waals surface area contributed by atoms with Crippen LogP contribution in [0.5, 0.6) is 0 Å². The van der Waals surface area contributed by atoms with Gasteiger partial charge in [-0.15, -0.1) is 0 Å². The zero-order valence-corrected chi connectivity index (χ0v) is 12.4. The summed E-state index contributed by atoms with van der Waals surface area (Å²) in [7, 11) is 0. The van der Waals surface area contributed by atoms with Gasteiger partial charge in [-0.1, -0.05) is 24.3 Å². The number of hydrogen-bond donors (Lipinski definition) is 1. The van der Waals surface area contributed by atoms with E-state index in [0.29, 0.717) is 5.76 Å². The van der Waals surface area contributed by atoms with Gasteiger partial charge in [0.15, 0.2) is 5.76 Å². The van der Waals surface area contributed by atoms with Gasteiger partial charge >= 0.3 is 0 Å². The fourth-order valence-corrected chi connectivity index (χ4v) is 2.30. The van der Waals surface area contributed by atoms with E-state index in [0.717, 1.165) is 33.3 Å². The van der Waals surface area contributed by atoms with E-state index < -0.39 is 0 Å². The number of rotatable bonds is 2. The van der Waals surface area contributed by atoms with E-state index in [1.165, 1.54) is 0 Å². The first kappa shape index (κ1) is 13.4. The molecule has 0 unspecified atom stereocenters. The molecule has 21 heavy (non-hydrogen) atoms. The summed E-state index contributed by atoms with van der Waals surface area (Å²) >= 11 is 0. The largest absolute Gasteiger partial charge is 0.451 e. The van der Waals surface area contributed by atoms with Crippen LogP contribution in [0.2, 0.25) is 0 Å². The molecule has 0 aliphatic rings. The van der Waals surface area contributed by atoms with Crippen molar-refractivity contribution in [3.63, 3.8) is 0 Å². The van der Waals surface area contributed by atoms with Crippen LogP contribution in [-0.2, 0) is 0 Å². The zero-order valence-electron chi connectivity index (χ0n) is 12.4. The Kier molecular flexibility index (Phi) is 3.26. The van der Waals surface area contributed by atoms with Crippen LogP contribution in [0, 0.1) is 20.8 Å². The third kappa shape index (κ3) is 2.68. The van der Waals surface area contributed by atoms with Crippen molar-refractivity contribution in [2.45, 2.75) is 20.8 Å². The molecule has 1 amide bonds. The lowest BCUT2D eigenvalue weighted by molar-refractivity contribution is 0.0998. The van der Waals surface area contributed by atoms with Crippen molar-refractivity contribution in [1.29, 1.82) is 0 Å². The molecule has 1 aromatic heterocycles. The van der Waals surface area contributed by atoms with Crippen molar-refractivity contribution in [3.8, 4) is 0 Å². The highest BCUT2D eigenvalue weighted by Gasteiger charge is 2.13. The quantitative estimate of drug-likeness (QED) is 0.744. The van der Waals surface area contributed by atoms with Crippen LogP contribution >= 0.6 is 0 Å². The summed E-state index contributed by atoms with van der Waals surface area (Å²) in [6.45, 7) is 5.97. The number of carbonyl (C=O) groups is 1. The van der Waals surface area contributed by atoms with E-state index in [-0.39, 0.29) is 5.91 Å². The van der Waals surface area contributed by atoms with Gasteiger partial charge in [-0.2, -0.15) is 0 Å². The van der Waals surface area contributed by atoms with Gasteiger partial charge in [0, 0.05) is 11.1 Å². The predicted molar refractivity (Wildman–Crippen MR) is 84.8 cm³/mol. The van der Waals surface area contributed by atoms with E-state index >= 15 is 0 Å². The molecule has 3 nitrogen and oxygen atoms in total. The maximum atomic E-state index is 12.3. The molecule has 0 saturated heterocycles. The van der Waals surface area contributed by atoms with Gasteiger partial charge in [0.1, 0.15) is 5.58 Å². The molecule has 1 N–H and O–H groups in total. The summed E-state index contributed by atoms with van der Waals surface area (Å²) in [5.41, 5.74) is 4.80. The average molecular weight is 279 g/mol. The standard InChI is InChI=1S/C18H17NO2/c1-11-4-6-13(3)15(8-11)19-18(20)17-10-14-7-5-12(2)9-16(14)21-17/h4-10H,1-3H3,(H,19,20). The Hall–Kier alpha value is -2.55. The van der Waals surface area contributed by atoms with Crippen LogP contribution < -0.4 is 5.32 Å². The normalized spacial score (nSPS) is 10.8. The maximum Gasteiger partial charge on any atom is 0.291 e. The van der Waals surface area contributed by atoms with Crippen molar-refractivity contribution < 1.29 is 9.21 Å². The molecule has 0 spiro atoms. The molecule has 2 aromatic carbocycles. The van der Waals surface area contributed by atoms with E-state index in [1.54, 1.807) is 6.07 Å². The van der Waals surface area contributed by atoms with Gasteiger partial charge in [0.2, 0.25) is 0 Å². The van der Waals surface area contributed by atoms with Crippen molar-refractivity contribution in [3.05, 3.63) is 64.9 Å². The molecule has 0 saturated carbocycles. The minimum Gasteiger partial charge on any atom is -0.451 e. The minimum absolute atomic E-state index is 0.224. The van der Waals surface area contributed by atoms with Crippen molar-refractivity contribution in [2.24, 2.45) is 0 Å². The molecule has 3 rings (SSSR count). The Bertz CT molecular complexity index is 830. The van der Waals surface area contributed by atoms with E-state index in [4.69, 9.17) is 4.42 Å². The van der Waals surface area contributed by atoms with E-state index in [9.17, 15) is 4.79 Å². The summed E-state index contributed by atoms with van der Waals surface area (Å²) in [5.74, 6) is 0.106. The summed E-state index contributed by atoms with van der Waals surface area (Å²) in [4.78, 5) is 12.3. The van der Waals surface area contributed by atoms with Crippen LogP contribution in [0.1, 0.15) is 27.2 Å². The molecule has 0 aliphatic heterocycles. The Labute approximate surface area is 123 Å². The van der Waals surface area contributed by atoms with Gasteiger partial charge in [-0.3, -0.25) is 4.79 Å². The highest BCUT2D eigenvalue weighted by Crippen LogP contribution is 2.22. The number of carbonyl (C=O) groups excluding carboxylic acids is 1. The number of aryl methyl sites for hydroxylation is 3. The van der Waals surface area contributed by atoms with Gasteiger partial charge in [0.05, 0.1) is 0 Å². The Morgan fingerprint density at radius 2 is 1.67 bits per heavy atom. The van der Waals surface area contributed by atoms with Crippen LogP contribution in [0.3, 0.4) is 0 Å². The first-order valence-corrected chi connectivity index (χ1v) is 6.92. The Morgan fingerprint density at radius 1 is 0.952 bits per heavy atom. The number of fused-ring (bicyclic) bond motifs is 1. The second-order valence-corrected chi connectivity index (χ2v) is 5.42. The fourth-order valence-electron chi connectivity index (χ4n) is 2.30. The average Bonchev–Trinajstić information content (AvgIpc) is 2.86. The Balaban J connectivity index is 1.91. The van der Waals surface area contributed by atoms with E-state index in [2.05, 4.69) is 5.32 Å². The highest BCUT2D eigenvalue weighted by molar-refractivity contribution is 6.05. The summed E-state index contributed by atoms with van der Waals surface area (Å²) < 4.78 is 5.64. The SMILES string of the molecule is Cc1ccc(C)c(NC(=O)c2cc3ccc(C)cc3o2)c1. The Morgan fingerprint density at radius 3 is 2.48 bits per heavy atom. The molecule has 0 atom stereocenters. The molecule has 0 fully saturated rings. The molecule has 3 heteroatoms. The maximum absolute atomic E-state index is 12.3. The molecular formula is C18H17NO2. The second kappa shape index (κ2) is 5.09. The lowest BCUT2D eigenvalue weighted by atomic mass is 10.1. The fraction of sp³-hybridized carbons (Fsp3) is 0.167. The smallest absolute Gasteiger partial charge is 0.291 e. The first-order valence-electron chi connectivity index (χ1n) is 6.92. The van der Waals surface area contributed by atoms with Crippen molar-refractivity contribution >= 4 is 22.6 Å². The van der Waals surface area contributed by atoms with Gasteiger partial charge < -0.3 is 9.73 Å². The number of hydrogen-bond acceptors (Lipinski definition) is 2.